The predicted octanol–water partition coefficient (Wildman–Crippen LogP) is -4.90. The number of hydrogen-bond donors (Lipinski definition) is 17. The zero-order chi connectivity index (χ0) is 60.3. The molecule has 0 aliphatic carbocycles. The number of aliphatic hydroxyl groups is 2. The summed E-state index contributed by atoms with van der Waals surface area (Å²) < 4.78 is 0. The van der Waals surface area contributed by atoms with Crippen LogP contribution in [-0.2, 0) is 54.4 Å². The standard InChI is InChI=1S/C53H84ClN15O12/c1-28(2)22-39-49(77)61-35(14-9-18-55)45(73)63-37(16-20-57)48(76)69-43(29(3)70)52(80)60-21-17-38(47(75)62-36(15-19-56)46(74)66-40(50(78)65-39)23-31-10-6-5-7-11-31)64-51(79)41(27-59)67-53(81)44(30(4)71)68-42(72)25-33(26-58)32-12-8-13-34(54)24-32/h5-8,10-13,24,28-30,33,35-41,43-44,70-71H,9,14-23,25-27,55-59H2,1-4H3,(H,60,80)(H,61,77)(H,62,75)(H,63,73)(H,64,79)(H,65,78)(H,66,74)(H,67,81)(H,68,72)(H,69,76)/t29-,30-,33+,35+,36+,37+,38+,39+,40-,41+,43+,44+/m1/s1. The van der Waals surface area contributed by atoms with Gasteiger partial charge in [0.05, 0.1) is 12.2 Å². The van der Waals surface area contributed by atoms with Crippen LogP contribution in [-0.4, -0.2) is 175 Å². The molecule has 1 aliphatic heterocycles. The molecule has 0 saturated carbocycles. The smallest absolute Gasteiger partial charge is 0.245 e. The molecule has 1 heterocycles. The second-order valence-corrected chi connectivity index (χ2v) is 20.8. The topological polar surface area (TPSA) is 462 Å². The van der Waals surface area contributed by atoms with Crippen molar-refractivity contribution in [3.63, 3.8) is 0 Å². The summed E-state index contributed by atoms with van der Waals surface area (Å²) in [4.78, 5) is 140. The van der Waals surface area contributed by atoms with E-state index in [2.05, 4.69) is 53.2 Å². The van der Waals surface area contributed by atoms with Gasteiger partial charge in [-0.25, -0.2) is 0 Å². The fourth-order valence-corrected chi connectivity index (χ4v) is 8.89. The molecular weight excluding hydrogens is 1070 g/mol. The molecule has 2 aromatic carbocycles. The molecule has 12 atom stereocenters. The van der Waals surface area contributed by atoms with E-state index in [9.17, 15) is 58.2 Å². The van der Waals surface area contributed by atoms with Crippen molar-refractivity contribution in [2.45, 2.75) is 152 Å². The van der Waals surface area contributed by atoms with Gasteiger partial charge in [-0.05, 0) is 108 Å². The summed E-state index contributed by atoms with van der Waals surface area (Å²) in [7, 11) is 0. The van der Waals surface area contributed by atoms with E-state index in [0.29, 0.717) is 16.1 Å². The van der Waals surface area contributed by atoms with E-state index < -0.39 is 151 Å². The average molecular weight is 1160 g/mol. The van der Waals surface area contributed by atoms with Gasteiger partial charge in [-0.15, -0.1) is 0 Å². The molecule has 27 nitrogen and oxygen atoms in total. The maximum absolute atomic E-state index is 14.4. The Labute approximate surface area is 476 Å². The van der Waals surface area contributed by atoms with Crippen molar-refractivity contribution in [3.05, 3.63) is 70.7 Å². The number of carbonyl (C=O) groups excluding carboxylic acids is 10. The van der Waals surface area contributed by atoms with Gasteiger partial charge >= 0.3 is 0 Å². The first-order chi connectivity index (χ1) is 38.5. The van der Waals surface area contributed by atoms with Crippen LogP contribution in [0.25, 0.3) is 0 Å². The van der Waals surface area contributed by atoms with Gasteiger partial charge in [0.15, 0.2) is 0 Å². The third-order valence-corrected chi connectivity index (χ3v) is 13.4. The summed E-state index contributed by atoms with van der Waals surface area (Å²) in [5, 5.41) is 47.3. The van der Waals surface area contributed by atoms with Gasteiger partial charge in [-0.1, -0.05) is 67.9 Å². The van der Waals surface area contributed by atoms with Crippen molar-refractivity contribution < 1.29 is 58.2 Å². The van der Waals surface area contributed by atoms with Crippen molar-refractivity contribution in [2.75, 3.05) is 39.3 Å². The van der Waals surface area contributed by atoms with Crippen molar-refractivity contribution in [1.29, 1.82) is 0 Å². The SMILES string of the molecule is CC(C)C[C@@H]1NC(=O)[C@@H](Cc2ccccc2)NC(=O)[C@H](CCN)NC(=O)[C@@H](NC(=O)[C@H](CN)NC(=O)[C@@H](NC(=O)C[C@@H](CN)c2cccc(Cl)c2)[C@@H](C)O)CCNC(=O)[C@H]([C@@H](C)O)NC(=O)[C@H](CCN)NC(=O)[C@H](CCCN)NC1=O. The number of carbonyl (C=O) groups is 10. The third-order valence-electron chi connectivity index (χ3n) is 13.2. The molecule has 0 bridgehead atoms. The first-order valence-corrected chi connectivity index (χ1v) is 27.5. The minimum atomic E-state index is -1.68. The van der Waals surface area contributed by atoms with E-state index in [-0.39, 0.29) is 77.0 Å². The summed E-state index contributed by atoms with van der Waals surface area (Å²) in [6.45, 7) is 4.79. The minimum absolute atomic E-state index is 0.00216. The lowest BCUT2D eigenvalue weighted by Gasteiger charge is -2.28. The molecule has 450 valence electrons. The normalized spacial score (nSPS) is 23.1. The van der Waals surface area contributed by atoms with Gasteiger partial charge in [0.25, 0.3) is 0 Å². The van der Waals surface area contributed by atoms with Crippen LogP contribution in [0.1, 0.15) is 89.7 Å². The number of halogens is 1. The molecule has 1 saturated heterocycles. The quantitative estimate of drug-likeness (QED) is 0.0496. The Kier molecular flexibility index (Phi) is 29.7. The maximum atomic E-state index is 14.4. The number of nitrogens with two attached hydrogens (primary N) is 5. The van der Waals surface area contributed by atoms with E-state index in [1.807, 2.05) is 0 Å². The van der Waals surface area contributed by atoms with Gasteiger partial charge < -0.3 is 92.0 Å². The number of aliphatic hydroxyl groups excluding tert-OH is 2. The van der Waals surface area contributed by atoms with Crippen LogP contribution < -0.4 is 81.8 Å². The summed E-state index contributed by atoms with van der Waals surface area (Å²) in [5.74, 6) is -9.79. The fourth-order valence-electron chi connectivity index (χ4n) is 8.69. The maximum Gasteiger partial charge on any atom is 0.245 e. The third kappa shape index (κ3) is 22.9. The summed E-state index contributed by atoms with van der Waals surface area (Å²) >= 11 is 6.14. The fraction of sp³-hybridized carbons (Fsp3) is 0.585. The number of amides is 10. The summed E-state index contributed by atoms with van der Waals surface area (Å²) in [5.41, 5.74) is 30.8. The van der Waals surface area contributed by atoms with Crippen molar-refractivity contribution in [1.82, 2.24) is 53.2 Å². The molecular formula is C53H84ClN15O12. The Morgan fingerprint density at radius 1 is 0.630 bits per heavy atom. The van der Waals surface area contributed by atoms with Crippen molar-refractivity contribution in [3.8, 4) is 0 Å². The highest BCUT2D eigenvalue weighted by Crippen LogP contribution is 2.22. The van der Waals surface area contributed by atoms with Crippen LogP contribution in [0.15, 0.2) is 54.6 Å². The molecule has 2 aromatic rings. The Bertz CT molecular complexity index is 2420. The molecule has 0 radical (unpaired) electrons. The van der Waals surface area contributed by atoms with Crippen LogP contribution in [0.2, 0.25) is 5.02 Å². The van der Waals surface area contributed by atoms with E-state index in [1.165, 1.54) is 13.8 Å². The number of rotatable bonds is 23. The van der Waals surface area contributed by atoms with Crippen LogP contribution >= 0.6 is 11.6 Å². The Hall–Kier alpha value is -6.85. The Morgan fingerprint density at radius 3 is 1.73 bits per heavy atom. The lowest BCUT2D eigenvalue weighted by atomic mass is 9.95. The highest BCUT2D eigenvalue weighted by molar-refractivity contribution is 6.30. The highest BCUT2D eigenvalue weighted by Gasteiger charge is 2.37. The van der Waals surface area contributed by atoms with Crippen LogP contribution in [0.5, 0.6) is 0 Å². The average Bonchev–Trinajstić information content (AvgIpc) is 3.43. The molecule has 10 amide bonds. The van der Waals surface area contributed by atoms with Gasteiger partial charge in [0.1, 0.15) is 54.4 Å². The summed E-state index contributed by atoms with van der Waals surface area (Å²) in [6.07, 6.45) is -3.93. The van der Waals surface area contributed by atoms with Gasteiger partial charge in [0.2, 0.25) is 59.1 Å². The first-order valence-electron chi connectivity index (χ1n) is 27.1. The van der Waals surface area contributed by atoms with Crippen LogP contribution in [0.3, 0.4) is 0 Å². The van der Waals surface area contributed by atoms with Crippen molar-refractivity contribution >= 4 is 70.7 Å². The largest absolute Gasteiger partial charge is 0.391 e. The first kappa shape index (κ1) is 68.4. The molecule has 3 rings (SSSR count). The monoisotopic (exact) mass is 1160 g/mol. The lowest BCUT2D eigenvalue weighted by Crippen LogP contribution is -2.62. The summed E-state index contributed by atoms with van der Waals surface area (Å²) in [6, 6.07) is 1.80. The number of benzene rings is 2. The van der Waals surface area contributed by atoms with Gasteiger partial charge in [-0.3, -0.25) is 47.9 Å². The van der Waals surface area contributed by atoms with Gasteiger partial charge in [-0.2, -0.15) is 0 Å². The Morgan fingerprint density at radius 2 is 1.19 bits per heavy atom. The predicted molar refractivity (Wildman–Crippen MR) is 301 cm³/mol. The Balaban J connectivity index is 2.08. The molecule has 28 heteroatoms. The molecule has 0 spiro atoms. The molecule has 81 heavy (non-hydrogen) atoms. The molecule has 1 aliphatic rings. The van der Waals surface area contributed by atoms with Gasteiger partial charge in [0, 0.05) is 36.9 Å². The molecule has 0 unspecified atom stereocenters. The number of nitrogens with one attached hydrogen (secondary N) is 10. The van der Waals surface area contributed by atoms with E-state index in [4.69, 9.17) is 40.3 Å². The van der Waals surface area contributed by atoms with E-state index in [0.717, 1.165) is 0 Å². The van der Waals surface area contributed by atoms with Crippen LogP contribution in [0.4, 0.5) is 0 Å². The molecule has 22 N–H and O–H groups in total. The van der Waals surface area contributed by atoms with Crippen LogP contribution in [0, 0.1) is 5.92 Å². The minimum Gasteiger partial charge on any atom is -0.391 e. The van der Waals surface area contributed by atoms with E-state index in [1.54, 1.807) is 68.4 Å². The second-order valence-electron chi connectivity index (χ2n) is 20.4. The van der Waals surface area contributed by atoms with Crippen molar-refractivity contribution in [2.24, 2.45) is 34.6 Å². The lowest BCUT2D eigenvalue weighted by molar-refractivity contribution is -0.136. The molecule has 0 aromatic heterocycles. The highest BCUT2D eigenvalue weighted by atomic mass is 35.5. The van der Waals surface area contributed by atoms with E-state index >= 15 is 0 Å². The zero-order valence-electron chi connectivity index (χ0n) is 46.3. The molecule has 1 fully saturated rings. The second kappa shape index (κ2) is 35.1. The zero-order valence-corrected chi connectivity index (χ0v) is 47.1. The number of hydrogen-bond acceptors (Lipinski definition) is 17.